The molecule has 1 heterocycles. The van der Waals surface area contributed by atoms with Gasteiger partial charge in [0.25, 0.3) is 5.88 Å². The first-order chi connectivity index (χ1) is 5.76. The van der Waals surface area contributed by atoms with Gasteiger partial charge < -0.3 is 14.4 Å². The van der Waals surface area contributed by atoms with Crippen LogP contribution in [0.3, 0.4) is 0 Å². The number of hydrogen-bond acceptors (Lipinski definition) is 4. The lowest BCUT2D eigenvalue weighted by Crippen LogP contribution is -2.09. The summed E-state index contributed by atoms with van der Waals surface area (Å²) >= 11 is 0. The number of rotatable bonds is 4. The van der Waals surface area contributed by atoms with Gasteiger partial charge in [-0.05, 0) is 18.5 Å². The van der Waals surface area contributed by atoms with Crippen LogP contribution in [0.4, 0.5) is 0 Å². The second-order valence-corrected chi connectivity index (χ2v) is 2.63. The summed E-state index contributed by atoms with van der Waals surface area (Å²) in [7, 11) is 0. The minimum atomic E-state index is -0.142. The van der Waals surface area contributed by atoms with E-state index in [0.29, 0.717) is 11.6 Å². The van der Waals surface area contributed by atoms with E-state index in [1.54, 1.807) is 6.07 Å². The molecule has 1 N–H and O–H groups in total. The average molecular weight is 171 g/mol. The van der Waals surface area contributed by atoms with Crippen LogP contribution in [0.5, 0.6) is 5.88 Å². The summed E-state index contributed by atoms with van der Waals surface area (Å²) in [6.45, 7) is 3.84. The molecule has 0 amide bonds. The number of nitrogens with zero attached hydrogens (tertiary/aromatic N) is 1. The lowest BCUT2D eigenvalue weighted by Gasteiger charge is -2.07. The topological polar surface area (TPSA) is 55.5 Å². The minimum Gasteiger partial charge on any atom is -0.472 e. The predicted molar refractivity (Wildman–Crippen MR) is 42.8 cm³/mol. The van der Waals surface area contributed by atoms with Crippen LogP contribution < -0.4 is 4.74 Å². The summed E-state index contributed by atoms with van der Waals surface area (Å²) in [5, 5.41) is 12.3. The SMILES string of the molecule is CC[C@@H](C)Oc1cc(CO)on1. The zero-order valence-corrected chi connectivity index (χ0v) is 7.28. The fourth-order valence-corrected chi connectivity index (χ4v) is 0.714. The van der Waals surface area contributed by atoms with Crippen molar-refractivity contribution >= 4 is 0 Å². The van der Waals surface area contributed by atoms with Gasteiger partial charge in [-0.2, -0.15) is 0 Å². The van der Waals surface area contributed by atoms with Crippen molar-refractivity contribution in [3.8, 4) is 5.88 Å². The van der Waals surface area contributed by atoms with Gasteiger partial charge in [0.05, 0.1) is 6.10 Å². The molecule has 0 saturated carbocycles. The molecule has 1 aromatic rings. The van der Waals surface area contributed by atoms with Gasteiger partial charge in [-0.25, -0.2) is 0 Å². The highest BCUT2D eigenvalue weighted by Gasteiger charge is 2.06. The van der Waals surface area contributed by atoms with Gasteiger partial charge >= 0.3 is 0 Å². The predicted octanol–water partition coefficient (Wildman–Crippen LogP) is 1.34. The molecule has 0 saturated heterocycles. The molecule has 0 bridgehead atoms. The Labute approximate surface area is 71.1 Å². The van der Waals surface area contributed by atoms with Gasteiger partial charge in [-0.1, -0.05) is 6.92 Å². The quantitative estimate of drug-likeness (QED) is 0.742. The number of aliphatic hydroxyl groups excluding tert-OH is 1. The van der Waals surface area contributed by atoms with E-state index in [9.17, 15) is 0 Å². The van der Waals surface area contributed by atoms with E-state index in [1.165, 1.54) is 0 Å². The van der Waals surface area contributed by atoms with Crippen LogP contribution in [-0.4, -0.2) is 16.4 Å². The molecule has 4 nitrogen and oxygen atoms in total. The Bertz CT molecular complexity index is 234. The summed E-state index contributed by atoms with van der Waals surface area (Å²) in [6, 6.07) is 1.59. The highest BCUT2D eigenvalue weighted by atomic mass is 16.5. The van der Waals surface area contributed by atoms with Gasteiger partial charge in [0.1, 0.15) is 6.61 Å². The maximum Gasteiger partial charge on any atom is 0.254 e. The van der Waals surface area contributed by atoms with E-state index in [2.05, 4.69) is 5.16 Å². The van der Waals surface area contributed by atoms with Crippen LogP contribution >= 0.6 is 0 Å². The van der Waals surface area contributed by atoms with Crippen LogP contribution in [0.15, 0.2) is 10.6 Å². The van der Waals surface area contributed by atoms with E-state index < -0.39 is 0 Å². The van der Waals surface area contributed by atoms with Gasteiger partial charge in [0, 0.05) is 6.07 Å². The largest absolute Gasteiger partial charge is 0.472 e. The van der Waals surface area contributed by atoms with E-state index in [0.717, 1.165) is 6.42 Å². The van der Waals surface area contributed by atoms with Crippen molar-refractivity contribution in [2.45, 2.75) is 33.0 Å². The normalized spacial score (nSPS) is 12.9. The average Bonchev–Trinajstić information content (AvgIpc) is 2.52. The summed E-state index contributed by atoms with van der Waals surface area (Å²) in [5.74, 6) is 0.863. The van der Waals surface area contributed by atoms with Gasteiger partial charge in [-0.15, -0.1) is 0 Å². The molecule has 1 rings (SSSR count). The smallest absolute Gasteiger partial charge is 0.254 e. The van der Waals surface area contributed by atoms with Crippen LogP contribution in [-0.2, 0) is 6.61 Å². The van der Waals surface area contributed by atoms with Crippen molar-refractivity contribution in [1.29, 1.82) is 0 Å². The summed E-state index contributed by atoms with van der Waals surface area (Å²) in [4.78, 5) is 0. The zero-order valence-electron chi connectivity index (χ0n) is 7.28. The Balaban J connectivity index is 2.52. The van der Waals surface area contributed by atoms with Gasteiger partial charge in [-0.3, -0.25) is 0 Å². The molecule has 0 spiro atoms. The van der Waals surface area contributed by atoms with Crippen molar-refractivity contribution in [3.05, 3.63) is 11.8 Å². The Morgan fingerprint density at radius 2 is 2.50 bits per heavy atom. The molecule has 68 valence electrons. The monoisotopic (exact) mass is 171 g/mol. The first-order valence-electron chi connectivity index (χ1n) is 3.99. The molecular formula is C8H13NO3. The van der Waals surface area contributed by atoms with Crippen molar-refractivity contribution in [3.63, 3.8) is 0 Å². The van der Waals surface area contributed by atoms with E-state index >= 15 is 0 Å². The maximum atomic E-state index is 8.65. The first-order valence-corrected chi connectivity index (χ1v) is 3.99. The fourth-order valence-electron chi connectivity index (χ4n) is 0.714. The van der Waals surface area contributed by atoms with Crippen molar-refractivity contribution in [2.75, 3.05) is 0 Å². The second kappa shape index (κ2) is 4.11. The highest BCUT2D eigenvalue weighted by Crippen LogP contribution is 2.13. The summed E-state index contributed by atoms with van der Waals surface area (Å²) in [5.41, 5.74) is 0. The molecule has 0 radical (unpaired) electrons. The van der Waals surface area contributed by atoms with Crippen LogP contribution in [0.2, 0.25) is 0 Å². The Hall–Kier alpha value is -1.03. The lowest BCUT2D eigenvalue weighted by molar-refractivity contribution is 0.190. The number of aromatic nitrogens is 1. The van der Waals surface area contributed by atoms with Crippen molar-refractivity contribution in [1.82, 2.24) is 5.16 Å². The molecule has 0 unspecified atom stereocenters. The fraction of sp³-hybridized carbons (Fsp3) is 0.625. The van der Waals surface area contributed by atoms with Gasteiger partial charge in [0.15, 0.2) is 5.76 Å². The lowest BCUT2D eigenvalue weighted by atomic mass is 10.3. The third-order valence-electron chi connectivity index (χ3n) is 1.59. The minimum absolute atomic E-state index is 0.127. The summed E-state index contributed by atoms with van der Waals surface area (Å²) in [6.07, 6.45) is 1.04. The van der Waals surface area contributed by atoms with Crippen LogP contribution in [0.25, 0.3) is 0 Å². The molecule has 0 aliphatic heterocycles. The third kappa shape index (κ3) is 2.23. The number of hydrogen-bond donors (Lipinski definition) is 1. The maximum absolute atomic E-state index is 8.65. The number of ether oxygens (including phenoxy) is 1. The van der Waals surface area contributed by atoms with Crippen LogP contribution in [0, 0.1) is 0 Å². The molecule has 0 fully saturated rings. The molecule has 1 atom stereocenters. The molecule has 4 heteroatoms. The molecule has 12 heavy (non-hydrogen) atoms. The standard InChI is InChI=1S/C8H13NO3/c1-3-6(2)11-8-4-7(5-10)12-9-8/h4,6,10H,3,5H2,1-2H3/t6-/m1/s1. The van der Waals surface area contributed by atoms with E-state index in [-0.39, 0.29) is 12.7 Å². The van der Waals surface area contributed by atoms with E-state index in [4.69, 9.17) is 14.4 Å². The molecular weight excluding hydrogens is 158 g/mol. The third-order valence-corrected chi connectivity index (χ3v) is 1.59. The zero-order chi connectivity index (χ0) is 8.97. The van der Waals surface area contributed by atoms with Crippen molar-refractivity contribution < 1.29 is 14.4 Å². The first kappa shape index (κ1) is 9.06. The Morgan fingerprint density at radius 3 is 3.00 bits per heavy atom. The summed E-state index contributed by atoms with van der Waals surface area (Å²) < 4.78 is 10.1. The van der Waals surface area contributed by atoms with Crippen molar-refractivity contribution in [2.24, 2.45) is 0 Å². The molecule has 0 aromatic carbocycles. The number of aliphatic hydroxyl groups is 1. The van der Waals surface area contributed by atoms with Crippen LogP contribution in [0.1, 0.15) is 26.0 Å². The second-order valence-electron chi connectivity index (χ2n) is 2.63. The molecule has 1 aromatic heterocycles. The Morgan fingerprint density at radius 1 is 1.75 bits per heavy atom. The highest BCUT2D eigenvalue weighted by molar-refractivity contribution is 5.10. The Kier molecular flexibility index (Phi) is 3.10. The molecule has 0 aliphatic carbocycles. The molecule has 0 aliphatic rings. The van der Waals surface area contributed by atoms with Gasteiger partial charge in [0.2, 0.25) is 0 Å². The van der Waals surface area contributed by atoms with E-state index in [1.807, 2.05) is 13.8 Å².